The Kier molecular flexibility index (Phi) is 7.00. The van der Waals surface area contributed by atoms with Crippen LogP contribution in [0.4, 0.5) is 11.4 Å². The molecule has 0 saturated carbocycles. The minimum Gasteiger partial charge on any atom is -0.411 e. The molecule has 0 saturated heterocycles. The van der Waals surface area contributed by atoms with Crippen LogP contribution in [-0.4, -0.2) is 4.32 Å². The number of thiocarbonyl (C=S) groups is 1. The van der Waals surface area contributed by atoms with Crippen molar-refractivity contribution in [2.75, 3.05) is 4.90 Å². The monoisotopic (exact) mass is 329 g/mol. The van der Waals surface area contributed by atoms with E-state index in [2.05, 4.69) is 0 Å². The third-order valence-corrected chi connectivity index (χ3v) is 2.58. The Morgan fingerprint density at radius 3 is 1.47 bits per heavy atom. The SMILES string of the molecule is S=C([S-])N(c1ccccc1)c1ccccc1.[Rb+]. The van der Waals surface area contributed by atoms with E-state index in [9.17, 15) is 0 Å². The quantitative estimate of drug-likeness (QED) is 0.589. The average molecular weight is 330 g/mol. The molecule has 0 unspecified atom stereocenters. The van der Waals surface area contributed by atoms with Crippen molar-refractivity contribution >= 4 is 40.5 Å². The van der Waals surface area contributed by atoms with E-state index < -0.39 is 0 Å². The molecule has 2 aromatic rings. The average Bonchev–Trinajstić information content (AvgIpc) is 2.31. The molecule has 0 fully saturated rings. The van der Waals surface area contributed by atoms with Crippen molar-refractivity contribution in [3.05, 3.63) is 60.7 Å². The number of benzene rings is 2. The van der Waals surface area contributed by atoms with Gasteiger partial charge in [-0.2, -0.15) is 0 Å². The molecule has 0 aliphatic heterocycles. The van der Waals surface area contributed by atoms with Gasteiger partial charge in [-0.15, -0.1) is 0 Å². The topological polar surface area (TPSA) is 3.24 Å². The van der Waals surface area contributed by atoms with Crippen LogP contribution < -0.4 is 63.1 Å². The zero-order valence-corrected chi connectivity index (χ0v) is 16.1. The molecule has 0 aliphatic carbocycles. The number of anilines is 2. The summed E-state index contributed by atoms with van der Waals surface area (Å²) in [5.74, 6) is 0. The third kappa shape index (κ3) is 4.19. The van der Waals surface area contributed by atoms with Crippen LogP contribution in [0.3, 0.4) is 0 Å². The maximum absolute atomic E-state index is 5.12. The molecule has 2 rings (SSSR count). The van der Waals surface area contributed by atoms with Crippen molar-refractivity contribution in [1.29, 1.82) is 0 Å². The van der Waals surface area contributed by atoms with Crippen LogP contribution in [0.1, 0.15) is 0 Å². The van der Waals surface area contributed by atoms with Gasteiger partial charge in [-0.25, -0.2) is 0 Å². The Labute approximate surface area is 161 Å². The fourth-order valence-corrected chi connectivity index (χ4v) is 1.94. The summed E-state index contributed by atoms with van der Waals surface area (Å²) in [4.78, 5) is 1.88. The second-order valence-electron chi connectivity index (χ2n) is 3.27. The first-order chi connectivity index (χ1) is 7.79. The van der Waals surface area contributed by atoms with E-state index in [0.717, 1.165) is 11.4 Å². The molecule has 0 atom stereocenters. The molecular weight excluding hydrogens is 320 g/mol. The van der Waals surface area contributed by atoms with Gasteiger partial charge in [-0.05, 0) is 24.3 Å². The first-order valence-corrected chi connectivity index (χ1v) is 5.72. The van der Waals surface area contributed by atoms with E-state index in [4.69, 9.17) is 24.8 Å². The molecule has 0 radical (unpaired) electrons. The fraction of sp³-hybridized carbons (Fsp3) is 0. The molecule has 0 heterocycles. The fourth-order valence-electron chi connectivity index (χ4n) is 1.51. The summed E-state index contributed by atoms with van der Waals surface area (Å²) in [6, 6.07) is 19.8. The maximum atomic E-state index is 5.12. The molecule has 0 spiro atoms. The zero-order chi connectivity index (χ0) is 11.4. The zero-order valence-electron chi connectivity index (χ0n) is 9.54. The summed E-state index contributed by atoms with van der Waals surface area (Å²) in [6.07, 6.45) is 0. The molecule has 1 nitrogen and oxygen atoms in total. The van der Waals surface area contributed by atoms with Crippen LogP contribution in [0.15, 0.2) is 60.7 Å². The Bertz CT molecular complexity index is 434. The van der Waals surface area contributed by atoms with Crippen LogP contribution in [0.2, 0.25) is 0 Å². The third-order valence-electron chi connectivity index (χ3n) is 2.21. The summed E-state index contributed by atoms with van der Waals surface area (Å²) in [6.45, 7) is 0. The van der Waals surface area contributed by atoms with Gasteiger partial charge in [0, 0.05) is 11.4 Å². The van der Waals surface area contributed by atoms with Gasteiger partial charge in [0.2, 0.25) is 0 Å². The summed E-state index contributed by atoms with van der Waals surface area (Å²) >= 11 is 10.2. The predicted molar refractivity (Wildman–Crippen MR) is 75.0 cm³/mol. The molecule has 2 aromatic carbocycles. The van der Waals surface area contributed by atoms with Crippen molar-refractivity contribution in [3.8, 4) is 0 Å². The van der Waals surface area contributed by atoms with Crippen LogP contribution in [0.25, 0.3) is 0 Å². The van der Waals surface area contributed by atoms with Crippen molar-refractivity contribution in [2.45, 2.75) is 0 Å². The largest absolute Gasteiger partial charge is 1.00 e. The Hall–Kier alpha value is 0.355. The molecule has 0 amide bonds. The van der Waals surface area contributed by atoms with E-state index in [1.807, 2.05) is 65.6 Å². The van der Waals surface area contributed by atoms with Gasteiger partial charge in [0.1, 0.15) is 0 Å². The Morgan fingerprint density at radius 1 is 0.824 bits per heavy atom. The smallest absolute Gasteiger partial charge is 0.411 e. The van der Waals surface area contributed by atoms with E-state index in [-0.39, 0.29) is 58.2 Å². The summed E-state index contributed by atoms with van der Waals surface area (Å²) in [5, 5.41) is 0. The first kappa shape index (κ1) is 15.4. The summed E-state index contributed by atoms with van der Waals surface area (Å²) in [7, 11) is 0. The normalized spacial score (nSPS) is 9.18. The van der Waals surface area contributed by atoms with Crippen molar-refractivity contribution in [3.63, 3.8) is 0 Å². The minimum absolute atomic E-state index is 0. The summed E-state index contributed by atoms with van der Waals surface area (Å²) in [5.41, 5.74) is 1.99. The van der Waals surface area contributed by atoms with Crippen molar-refractivity contribution in [2.24, 2.45) is 0 Å². The standard InChI is InChI=1S/C13H11NS2.Rb/c15-13(16)14(11-7-3-1-4-8-11)12-9-5-2-6-10-12;/h1-10H,(H,15,16);/q;+1/p-1. The molecule has 0 aliphatic rings. The van der Waals surface area contributed by atoms with Gasteiger partial charge < -0.3 is 29.7 Å². The van der Waals surface area contributed by atoms with Gasteiger partial charge in [-0.1, -0.05) is 40.7 Å². The minimum atomic E-state index is 0. The van der Waals surface area contributed by atoms with Crippen LogP contribution in [0, 0.1) is 0 Å². The molecule has 17 heavy (non-hydrogen) atoms. The number of hydrogen-bond donors (Lipinski definition) is 0. The van der Waals surface area contributed by atoms with Gasteiger partial charge in [0.05, 0.1) is 0 Å². The Balaban J connectivity index is 0.00000144. The van der Waals surface area contributed by atoms with Crippen molar-refractivity contribution < 1.29 is 58.2 Å². The predicted octanol–water partition coefficient (Wildman–Crippen LogP) is 0.660. The number of para-hydroxylation sites is 2. The Morgan fingerprint density at radius 2 is 1.18 bits per heavy atom. The molecule has 0 aromatic heterocycles. The molecular formula is C13H10NRbS2. The second-order valence-corrected chi connectivity index (χ2v) is 4.30. The molecule has 80 valence electrons. The molecule has 4 heteroatoms. The van der Waals surface area contributed by atoms with E-state index in [1.54, 1.807) is 0 Å². The number of hydrogen-bond acceptors (Lipinski definition) is 2. The second kappa shape index (κ2) is 7.72. The van der Waals surface area contributed by atoms with E-state index in [1.165, 1.54) is 0 Å². The molecule has 0 N–H and O–H groups in total. The van der Waals surface area contributed by atoms with Crippen LogP contribution >= 0.6 is 12.2 Å². The van der Waals surface area contributed by atoms with Crippen molar-refractivity contribution in [1.82, 2.24) is 0 Å². The first-order valence-electron chi connectivity index (χ1n) is 4.90. The van der Waals surface area contributed by atoms with Gasteiger partial charge in [0.15, 0.2) is 0 Å². The van der Waals surface area contributed by atoms with Gasteiger partial charge >= 0.3 is 58.2 Å². The van der Waals surface area contributed by atoms with Gasteiger partial charge in [-0.3, -0.25) is 0 Å². The molecule has 0 bridgehead atoms. The maximum Gasteiger partial charge on any atom is 1.00 e. The number of nitrogens with zero attached hydrogens (tertiary/aromatic N) is 1. The number of rotatable bonds is 2. The van der Waals surface area contributed by atoms with E-state index >= 15 is 0 Å². The summed E-state index contributed by atoms with van der Waals surface area (Å²) < 4.78 is 0.428. The van der Waals surface area contributed by atoms with Crippen LogP contribution in [0.5, 0.6) is 0 Å². The van der Waals surface area contributed by atoms with Gasteiger partial charge in [0.25, 0.3) is 0 Å². The van der Waals surface area contributed by atoms with E-state index in [0.29, 0.717) is 4.32 Å². The van der Waals surface area contributed by atoms with Crippen LogP contribution in [-0.2, 0) is 12.6 Å².